The van der Waals surface area contributed by atoms with Crippen LogP contribution in [0.1, 0.15) is 19.3 Å². The number of anilines is 2. The number of sulfonamides is 1. The summed E-state index contributed by atoms with van der Waals surface area (Å²) in [6, 6.07) is 4.81. The molecule has 0 aromatic heterocycles. The standard InChI is InChI=1S/C13H19N3O3S/c14-9-5-10(7-11(6-9)20(15,17)18)16-12-3-4-19-13(12)8-1-2-8/h5-8,12-13,16H,1-4,14H2,(H2,15,17,18). The average molecular weight is 297 g/mol. The fourth-order valence-electron chi connectivity index (χ4n) is 2.74. The first-order chi connectivity index (χ1) is 9.43. The number of hydrogen-bond acceptors (Lipinski definition) is 5. The molecule has 6 nitrogen and oxygen atoms in total. The molecule has 1 aromatic rings. The van der Waals surface area contributed by atoms with Gasteiger partial charge in [-0.1, -0.05) is 0 Å². The van der Waals surface area contributed by atoms with E-state index in [-0.39, 0.29) is 17.0 Å². The zero-order valence-electron chi connectivity index (χ0n) is 11.1. The van der Waals surface area contributed by atoms with E-state index in [4.69, 9.17) is 15.6 Å². The van der Waals surface area contributed by atoms with Crippen LogP contribution in [0, 0.1) is 5.92 Å². The number of rotatable bonds is 4. The molecule has 2 unspecified atom stereocenters. The van der Waals surface area contributed by atoms with Crippen molar-refractivity contribution in [1.82, 2.24) is 0 Å². The number of primary sulfonamides is 1. The lowest BCUT2D eigenvalue weighted by atomic mass is 10.1. The van der Waals surface area contributed by atoms with Gasteiger partial charge in [-0.05, 0) is 43.4 Å². The molecule has 20 heavy (non-hydrogen) atoms. The smallest absolute Gasteiger partial charge is 0.238 e. The molecular formula is C13H19N3O3S. The van der Waals surface area contributed by atoms with E-state index in [1.807, 2.05) is 0 Å². The Morgan fingerprint density at radius 2 is 1.95 bits per heavy atom. The van der Waals surface area contributed by atoms with Gasteiger partial charge >= 0.3 is 0 Å². The number of benzene rings is 1. The molecule has 1 saturated heterocycles. The maximum Gasteiger partial charge on any atom is 0.238 e. The van der Waals surface area contributed by atoms with Crippen molar-refractivity contribution in [1.29, 1.82) is 0 Å². The third-order valence-electron chi connectivity index (χ3n) is 3.83. The molecule has 3 rings (SSSR count). The Hall–Kier alpha value is -1.31. The zero-order chi connectivity index (χ0) is 14.3. The van der Waals surface area contributed by atoms with Crippen LogP contribution in [0.2, 0.25) is 0 Å². The summed E-state index contributed by atoms with van der Waals surface area (Å²) in [6.45, 7) is 0.739. The van der Waals surface area contributed by atoms with E-state index in [1.165, 1.54) is 25.0 Å². The van der Waals surface area contributed by atoms with Crippen molar-refractivity contribution in [3.05, 3.63) is 18.2 Å². The molecule has 2 fully saturated rings. The highest BCUT2D eigenvalue weighted by Gasteiger charge is 2.40. The fraction of sp³-hybridized carbons (Fsp3) is 0.538. The Morgan fingerprint density at radius 3 is 2.60 bits per heavy atom. The van der Waals surface area contributed by atoms with Crippen molar-refractivity contribution >= 4 is 21.4 Å². The van der Waals surface area contributed by atoms with Gasteiger partial charge in [-0.25, -0.2) is 13.6 Å². The van der Waals surface area contributed by atoms with Gasteiger partial charge in [0.1, 0.15) is 0 Å². The summed E-state index contributed by atoms with van der Waals surface area (Å²) in [5, 5.41) is 8.49. The topological polar surface area (TPSA) is 107 Å². The number of nitrogen functional groups attached to an aromatic ring is 1. The summed E-state index contributed by atoms with van der Waals surface area (Å²) in [6.07, 6.45) is 3.56. The molecule has 7 heteroatoms. The minimum atomic E-state index is -3.75. The van der Waals surface area contributed by atoms with E-state index in [0.717, 1.165) is 13.0 Å². The van der Waals surface area contributed by atoms with Crippen LogP contribution in [-0.4, -0.2) is 27.2 Å². The van der Waals surface area contributed by atoms with Crippen molar-refractivity contribution in [2.75, 3.05) is 17.7 Å². The van der Waals surface area contributed by atoms with Gasteiger partial charge in [-0.2, -0.15) is 0 Å². The molecule has 1 aliphatic heterocycles. The van der Waals surface area contributed by atoms with Crippen molar-refractivity contribution in [3.8, 4) is 0 Å². The SMILES string of the molecule is Nc1cc(NC2CCOC2C2CC2)cc(S(N)(=O)=O)c1. The fourth-order valence-corrected chi connectivity index (χ4v) is 3.33. The summed E-state index contributed by atoms with van der Waals surface area (Å²) in [5.74, 6) is 0.633. The number of hydrogen-bond donors (Lipinski definition) is 3. The normalized spacial score (nSPS) is 26.6. The molecule has 0 radical (unpaired) electrons. The van der Waals surface area contributed by atoms with Crippen molar-refractivity contribution in [3.63, 3.8) is 0 Å². The second-order valence-electron chi connectivity index (χ2n) is 5.55. The Balaban J connectivity index is 1.81. The maximum absolute atomic E-state index is 11.4. The monoisotopic (exact) mass is 297 g/mol. The van der Waals surface area contributed by atoms with E-state index in [2.05, 4.69) is 5.32 Å². The summed E-state index contributed by atoms with van der Waals surface area (Å²) in [5.41, 5.74) is 6.80. The quantitative estimate of drug-likeness (QED) is 0.716. The van der Waals surface area contributed by atoms with Gasteiger partial charge < -0.3 is 15.8 Å². The Labute approximate surface area is 118 Å². The number of nitrogens with one attached hydrogen (secondary N) is 1. The second-order valence-corrected chi connectivity index (χ2v) is 7.11. The first kappa shape index (κ1) is 13.7. The van der Waals surface area contributed by atoms with Crippen LogP contribution < -0.4 is 16.2 Å². The van der Waals surface area contributed by atoms with Crippen LogP contribution in [0.25, 0.3) is 0 Å². The molecule has 0 spiro atoms. The first-order valence-electron chi connectivity index (χ1n) is 6.75. The minimum absolute atomic E-state index is 0.0295. The average Bonchev–Trinajstić information content (AvgIpc) is 3.09. The highest BCUT2D eigenvalue weighted by molar-refractivity contribution is 7.89. The molecule has 1 aromatic carbocycles. The van der Waals surface area contributed by atoms with E-state index >= 15 is 0 Å². The predicted molar refractivity (Wildman–Crippen MR) is 76.7 cm³/mol. The zero-order valence-corrected chi connectivity index (χ0v) is 11.9. The lowest BCUT2D eigenvalue weighted by molar-refractivity contribution is 0.0898. The van der Waals surface area contributed by atoms with E-state index < -0.39 is 10.0 Å². The minimum Gasteiger partial charge on any atom is -0.399 e. The molecule has 1 aliphatic carbocycles. The molecule has 2 atom stereocenters. The largest absolute Gasteiger partial charge is 0.399 e. The Kier molecular flexibility index (Phi) is 3.35. The van der Waals surface area contributed by atoms with Crippen LogP contribution in [0.3, 0.4) is 0 Å². The molecule has 5 N–H and O–H groups in total. The molecule has 1 heterocycles. The van der Waals surface area contributed by atoms with Gasteiger partial charge in [0.25, 0.3) is 0 Å². The van der Waals surface area contributed by atoms with E-state index in [0.29, 0.717) is 17.3 Å². The van der Waals surface area contributed by atoms with Crippen molar-refractivity contribution in [2.24, 2.45) is 11.1 Å². The van der Waals surface area contributed by atoms with Crippen LogP contribution in [-0.2, 0) is 14.8 Å². The van der Waals surface area contributed by atoms with E-state index in [9.17, 15) is 8.42 Å². The number of nitrogens with two attached hydrogens (primary N) is 2. The molecular weight excluding hydrogens is 278 g/mol. The van der Waals surface area contributed by atoms with Gasteiger partial charge in [0, 0.05) is 18.0 Å². The Bertz CT molecular complexity index is 613. The summed E-state index contributed by atoms with van der Waals surface area (Å²) in [7, 11) is -3.75. The molecule has 1 saturated carbocycles. The highest BCUT2D eigenvalue weighted by Crippen LogP contribution is 2.39. The lowest BCUT2D eigenvalue weighted by Gasteiger charge is -2.21. The summed E-state index contributed by atoms with van der Waals surface area (Å²) >= 11 is 0. The molecule has 0 bridgehead atoms. The van der Waals surface area contributed by atoms with E-state index in [1.54, 1.807) is 6.07 Å². The van der Waals surface area contributed by atoms with Crippen molar-refractivity contribution in [2.45, 2.75) is 36.3 Å². The summed E-state index contributed by atoms with van der Waals surface area (Å²) in [4.78, 5) is 0.0295. The molecule has 110 valence electrons. The maximum atomic E-state index is 11.4. The first-order valence-corrected chi connectivity index (χ1v) is 8.29. The van der Waals surface area contributed by atoms with Crippen LogP contribution in [0.5, 0.6) is 0 Å². The second kappa shape index (κ2) is 4.91. The Morgan fingerprint density at radius 1 is 1.20 bits per heavy atom. The van der Waals surface area contributed by atoms with Gasteiger partial charge in [-0.3, -0.25) is 0 Å². The highest BCUT2D eigenvalue weighted by atomic mass is 32.2. The third kappa shape index (κ3) is 2.89. The lowest BCUT2D eigenvalue weighted by Crippen LogP contribution is -2.31. The van der Waals surface area contributed by atoms with Gasteiger partial charge in [0.15, 0.2) is 0 Å². The van der Waals surface area contributed by atoms with Crippen molar-refractivity contribution < 1.29 is 13.2 Å². The molecule has 0 amide bonds. The molecule has 2 aliphatic rings. The van der Waals surface area contributed by atoms with Crippen LogP contribution in [0.15, 0.2) is 23.1 Å². The van der Waals surface area contributed by atoms with Gasteiger partial charge in [0.2, 0.25) is 10.0 Å². The van der Waals surface area contributed by atoms with Crippen LogP contribution in [0.4, 0.5) is 11.4 Å². The van der Waals surface area contributed by atoms with Gasteiger partial charge in [-0.15, -0.1) is 0 Å². The third-order valence-corrected chi connectivity index (χ3v) is 4.72. The predicted octanol–water partition coefficient (Wildman–Crippen LogP) is 0.896. The number of ether oxygens (including phenoxy) is 1. The van der Waals surface area contributed by atoms with Gasteiger partial charge in [0.05, 0.1) is 17.0 Å². The van der Waals surface area contributed by atoms with Crippen LogP contribution >= 0.6 is 0 Å². The summed E-state index contributed by atoms with van der Waals surface area (Å²) < 4.78 is 28.6.